The third-order valence-corrected chi connectivity index (χ3v) is 6.47. The van der Waals surface area contributed by atoms with Crippen molar-refractivity contribution >= 4 is 21.6 Å². The van der Waals surface area contributed by atoms with E-state index in [9.17, 15) is 13.2 Å². The Labute approximate surface area is 178 Å². The van der Waals surface area contributed by atoms with E-state index in [0.29, 0.717) is 17.9 Å². The van der Waals surface area contributed by atoms with E-state index in [4.69, 9.17) is 4.74 Å². The average Bonchev–Trinajstić information content (AvgIpc) is 3.17. The van der Waals surface area contributed by atoms with E-state index in [1.165, 1.54) is 49.3 Å². The van der Waals surface area contributed by atoms with Crippen molar-refractivity contribution in [1.82, 2.24) is 9.69 Å². The van der Waals surface area contributed by atoms with E-state index in [2.05, 4.69) is 9.69 Å². The van der Waals surface area contributed by atoms with Crippen molar-refractivity contribution in [2.45, 2.75) is 38.3 Å². The second-order valence-corrected chi connectivity index (χ2v) is 8.61. The Morgan fingerprint density at radius 1 is 1.03 bits per heavy atom. The lowest BCUT2D eigenvalue weighted by Crippen LogP contribution is -2.27. The molecule has 1 N–H and O–H groups in total. The van der Waals surface area contributed by atoms with Crippen LogP contribution in [0.1, 0.15) is 37.7 Å². The van der Waals surface area contributed by atoms with Crippen LogP contribution in [0.15, 0.2) is 42.5 Å². The molecule has 1 fully saturated rings. The fourth-order valence-electron chi connectivity index (χ4n) is 3.93. The summed E-state index contributed by atoms with van der Waals surface area (Å²) in [5.41, 5.74) is 0.736. The number of benzene rings is 2. The van der Waals surface area contributed by atoms with Crippen molar-refractivity contribution in [1.29, 1.82) is 0 Å². The van der Waals surface area contributed by atoms with Crippen LogP contribution in [0, 0.1) is 5.92 Å². The summed E-state index contributed by atoms with van der Waals surface area (Å²) in [5, 5.41) is 4.33. The van der Waals surface area contributed by atoms with Gasteiger partial charge in [-0.15, -0.1) is 0 Å². The Bertz CT molecular complexity index is 963. The van der Waals surface area contributed by atoms with Gasteiger partial charge in [0.05, 0.1) is 22.6 Å². The molecule has 0 bridgehead atoms. The number of rotatable bonds is 7. The van der Waals surface area contributed by atoms with Crippen molar-refractivity contribution in [2.24, 2.45) is 5.92 Å². The van der Waals surface area contributed by atoms with Crippen LogP contribution >= 0.6 is 11.5 Å². The van der Waals surface area contributed by atoms with Gasteiger partial charge in [-0.1, -0.05) is 18.6 Å². The van der Waals surface area contributed by atoms with Gasteiger partial charge in [-0.2, -0.15) is 17.5 Å². The molecule has 0 unspecified atom stereocenters. The highest BCUT2D eigenvalue weighted by Crippen LogP contribution is 2.35. The molecule has 0 amide bonds. The first kappa shape index (κ1) is 21.1. The standard InChI is InChI=1S/C23H25F3N2OS/c24-23(25,26)18-6-4-17(5-7-18)22-20-9-8-19(15-21(20)30-28-22)29-14-2-1-3-16-10-12-27-13-11-16/h4-9,15-16,27H,1-3,10-14H2. The molecule has 3 nitrogen and oxygen atoms in total. The molecule has 0 aliphatic carbocycles. The minimum atomic E-state index is -4.33. The predicted molar refractivity (Wildman–Crippen MR) is 115 cm³/mol. The quantitative estimate of drug-likeness (QED) is 0.429. The number of ether oxygens (including phenoxy) is 1. The molecule has 0 atom stereocenters. The fraction of sp³-hybridized carbons (Fsp3) is 0.435. The lowest BCUT2D eigenvalue weighted by molar-refractivity contribution is -0.137. The monoisotopic (exact) mass is 434 g/mol. The summed E-state index contributed by atoms with van der Waals surface area (Å²) < 4.78 is 49.7. The Morgan fingerprint density at radius 2 is 1.80 bits per heavy atom. The summed E-state index contributed by atoms with van der Waals surface area (Å²) in [6.45, 7) is 2.98. The smallest absolute Gasteiger partial charge is 0.416 e. The van der Waals surface area contributed by atoms with E-state index in [0.717, 1.165) is 53.4 Å². The zero-order chi connectivity index (χ0) is 21.0. The maximum Gasteiger partial charge on any atom is 0.416 e. The van der Waals surface area contributed by atoms with Gasteiger partial charge in [0.2, 0.25) is 0 Å². The maximum absolute atomic E-state index is 12.8. The van der Waals surface area contributed by atoms with E-state index in [1.54, 1.807) is 0 Å². The van der Waals surface area contributed by atoms with E-state index >= 15 is 0 Å². The average molecular weight is 435 g/mol. The van der Waals surface area contributed by atoms with Crippen LogP contribution in [-0.4, -0.2) is 24.1 Å². The molecule has 1 aliphatic heterocycles. The van der Waals surface area contributed by atoms with Gasteiger partial charge in [-0.05, 0) is 86.6 Å². The Hall–Kier alpha value is -2.12. The van der Waals surface area contributed by atoms with Gasteiger partial charge in [-0.3, -0.25) is 0 Å². The summed E-state index contributed by atoms with van der Waals surface area (Å²) in [4.78, 5) is 0. The predicted octanol–water partition coefficient (Wildman–Crippen LogP) is 6.53. The number of nitrogens with zero attached hydrogens (tertiary/aromatic N) is 1. The van der Waals surface area contributed by atoms with Gasteiger partial charge in [0.15, 0.2) is 0 Å². The van der Waals surface area contributed by atoms with Crippen LogP contribution in [0.25, 0.3) is 21.3 Å². The summed E-state index contributed by atoms with van der Waals surface area (Å²) in [6.07, 6.45) is 1.74. The minimum absolute atomic E-state index is 0.651. The fourth-order valence-corrected chi connectivity index (χ4v) is 4.75. The Balaban J connectivity index is 1.34. The van der Waals surface area contributed by atoms with E-state index < -0.39 is 11.7 Å². The molecule has 1 aromatic heterocycles. The van der Waals surface area contributed by atoms with Crippen LogP contribution in [-0.2, 0) is 6.18 Å². The molecular formula is C23H25F3N2OS. The second-order valence-electron chi connectivity index (χ2n) is 7.80. The number of fused-ring (bicyclic) bond motifs is 1. The molecule has 30 heavy (non-hydrogen) atoms. The molecule has 160 valence electrons. The Kier molecular flexibility index (Phi) is 6.58. The molecule has 4 rings (SSSR count). The number of aromatic nitrogens is 1. The summed E-state index contributed by atoms with van der Waals surface area (Å²) in [5.74, 6) is 1.66. The molecule has 1 saturated heterocycles. The highest BCUT2D eigenvalue weighted by molar-refractivity contribution is 7.13. The lowest BCUT2D eigenvalue weighted by atomic mass is 9.93. The number of nitrogens with one attached hydrogen (secondary N) is 1. The highest BCUT2D eigenvalue weighted by atomic mass is 32.1. The highest BCUT2D eigenvalue weighted by Gasteiger charge is 2.30. The van der Waals surface area contributed by atoms with Crippen LogP contribution < -0.4 is 10.1 Å². The zero-order valence-corrected chi connectivity index (χ0v) is 17.5. The van der Waals surface area contributed by atoms with Crippen LogP contribution in [0.2, 0.25) is 0 Å². The SMILES string of the molecule is FC(F)(F)c1ccc(-c2nsc3cc(OCCCCC4CCNCC4)ccc23)cc1. The molecule has 2 heterocycles. The van der Waals surface area contributed by atoms with Crippen LogP contribution in [0.3, 0.4) is 0 Å². The van der Waals surface area contributed by atoms with Crippen molar-refractivity contribution in [3.8, 4) is 17.0 Å². The molecule has 7 heteroatoms. The molecule has 0 radical (unpaired) electrons. The van der Waals surface area contributed by atoms with E-state index in [-0.39, 0.29) is 0 Å². The van der Waals surface area contributed by atoms with Gasteiger partial charge >= 0.3 is 6.18 Å². The van der Waals surface area contributed by atoms with Crippen LogP contribution in [0.5, 0.6) is 5.75 Å². The number of unbranched alkanes of at least 4 members (excludes halogenated alkanes) is 1. The van der Waals surface area contributed by atoms with E-state index in [1.807, 2.05) is 18.2 Å². The summed E-state index contributed by atoms with van der Waals surface area (Å²) >= 11 is 1.34. The number of alkyl halides is 3. The molecule has 1 aliphatic rings. The van der Waals surface area contributed by atoms with Gasteiger partial charge in [0.1, 0.15) is 5.75 Å². The maximum atomic E-state index is 12.8. The van der Waals surface area contributed by atoms with Crippen LogP contribution in [0.4, 0.5) is 13.2 Å². The lowest BCUT2D eigenvalue weighted by Gasteiger charge is -2.22. The van der Waals surface area contributed by atoms with Gasteiger partial charge in [0, 0.05) is 10.9 Å². The first-order valence-corrected chi connectivity index (χ1v) is 11.2. The summed E-state index contributed by atoms with van der Waals surface area (Å²) in [6, 6.07) is 11.0. The number of halogens is 3. The van der Waals surface area contributed by atoms with Gasteiger partial charge in [0.25, 0.3) is 0 Å². The zero-order valence-electron chi connectivity index (χ0n) is 16.7. The second kappa shape index (κ2) is 9.35. The number of piperidine rings is 1. The third-order valence-electron chi connectivity index (χ3n) is 5.66. The van der Waals surface area contributed by atoms with Gasteiger partial charge < -0.3 is 10.1 Å². The molecular weight excluding hydrogens is 409 g/mol. The summed E-state index contributed by atoms with van der Waals surface area (Å²) in [7, 11) is 0. The normalized spacial score (nSPS) is 15.6. The van der Waals surface area contributed by atoms with Crippen molar-refractivity contribution in [3.63, 3.8) is 0 Å². The topological polar surface area (TPSA) is 34.1 Å². The molecule has 2 aromatic carbocycles. The Morgan fingerprint density at radius 3 is 2.53 bits per heavy atom. The first-order valence-electron chi connectivity index (χ1n) is 10.4. The van der Waals surface area contributed by atoms with Crippen molar-refractivity contribution < 1.29 is 17.9 Å². The van der Waals surface area contributed by atoms with Crippen molar-refractivity contribution in [3.05, 3.63) is 48.0 Å². The molecule has 0 spiro atoms. The first-order chi connectivity index (χ1) is 14.5. The van der Waals surface area contributed by atoms with Crippen molar-refractivity contribution in [2.75, 3.05) is 19.7 Å². The van der Waals surface area contributed by atoms with Gasteiger partial charge in [-0.25, -0.2) is 0 Å². The number of hydrogen-bond donors (Lipinski definition) is 1. The minimum Gasteiger partial charge on any atom is -0.494 e. The molecule has 3 aromatic rings. The largest absolute Gasteiger partial charge is 0.494 e. The number of hydrogen-bond acceptors (Lipinski definition) is 4. The molecule has 0 saturated carbocycles. The third kappa shape index (κ3) is 5.13.